The van der Waals surface area contributed by atoms with Crippen molar-refractivity contribution in [3.05, 3.63) is 33.4 Å². The summed E-state index contributed by atoms with van der Waals surface area (Å²) in [4.78, 5) is 30.6. The van der Waals surface area contributed by atoms with E-state index >= 15 is 0 Å². The smallest absolute Gasteiger partial charge is 0.407 e. The summed E-state index contributed by atoms with van der Waals surface area (Å²) in [7, 11) is 1.52. The molecule has 1 aliphatic heterocycles. The van der Waals surface area contributed by atoms with E-state index in [1.165, 1.54) is 7.11 Å². The maximum absolute atomic E-state index is 12.8. The van der Waals surface area contributed by atoms with E-state index in [2.05, 4.69) is 10.3 Å². The number of fused-ring (bicyclic) bond motifs is 3. The van der Waals surface area contributed by atoms with Crippen molar-refractivity contribution < 1.29 is 23.8 Å². The predicted molar refractivity (Wildman–Crippen MR) is 122 cm³/mol. The molecule has 1 aliphatic rings. The molecule has 8 nitrogen and oxygen atoms in total. The van der Waals surface area contributed by atoms with E-state index in [9.17, 15) is 9.59 Å². The van der Waals surface area contributed by atoms with Crippen molar-refractivity contribution >= 4 is 46.1 Å². The number of amides is 2. The van der Waals surface area contributed by atoms with Gasteiger partial charge in [0.05, 0.1) is 30.3 Å². The zero-order chi connectivity index (χ0) is 23.6. The average molecular weight is 484 g/mol. The second kappa shape index (κ2) is 9.68. The molecule has 0 fully saturated rings. The van der Waals surface area contributed by atoms with Gasteiger partial charge in [0, 0.05) is 24.7 Å². The standard InChI is InChI=1S/C22H27Cl2N3O5/c1-12-17-13(9-26-20-14(17)8-15(30-5)18(23)19(20)24)10-27(12)16(28)11-31-7-6-25-21(29)32-22(2,3)4/h8-9,12H,6-7,10-11H2,1-5H3,(H,25,29)/t12-/m0/s1. The number of pyridine rings is 1. The van der Waals surface area contributed by atoms with Crippen molar-refractivity contribution in [2.45, 2.75) is 45.9 Å². The third-order valence-corrected chi connectivity index (χ3v) is 5.88. The number of rotatable bonds is 6. The molecule has 2 heterocycles. The molecule has 1 aromatic heterocycles. The zero-order valence-corrected chi connectivity index (χ0v) is 20.3. The fraction of sp³-hybridized carbons (Fsp3) is 0.500. The van der Waals surface area contributed by atoms with Gasteiger partial charge in [0.15, 0.2) is 0 Å². The van der Waals surface area contributed by atoms with Crippen molar-refractivity contribution in [3.63, 3.8) is 0 Å². The van der Waals surface area contributed by atoms with Crippen LogP contribution in [0.25, 0.3) is 10.9 Å². The molecular formula is C22H27Cl2N3O5. The van der Waals surface area contributed by atoms with Gasteiger partial charge in [-0.1, -0.05) is 23.2 Å². The number of alkyl carbamates (subject to hydrolysis) is 1. The highest BCUT2D eigenvalue weighted by atomic mass is 35.5. The van der Waals surface area contributed by atoms with Gasteiger partial charge in [0.25, 0.3) is 0 Å². The van der Waals surface area contributed by atoms with Gasteiger partial charge >= 0.3 is 6.09 Å². The van der Waals surface area contributed by atoms with E-state index in [1.807, 2.05) is 6.92 Å². The fourth-order valence-corrected chi connectivity index (χ4v) is 4.10. The molecule has 0 saturated carbocycles. The Kier molecular flexibility index (Phi) is 7.37. The Labute approximate surface area is 197 Å². The van der Waals surface area contributed by atoms with Crippen molar-refractivity contribution in [1.29, 1.82) is 0 Å². The van der Waals surface area contributed by atoms with Crippen LogP contribution in [0.1, 0.15) is 44.9 Å². The molecule has 10 heteroatoms. The number of nitrogens with zero attached hydrogens (tertiary/aromatic N) is 2. The number of nitrogens with one attached hydrogen (secondary N) is 1. The lowest BCUT2D eigenvalue weighted by molar-refractivity contribution is -0.138. The second-order valence-corrected chi connectivity index (χ2v) is 9.23. The van der Waals surface area contributed by atoms with Gasteiger partial charge in [0.1, 0.15) is 23.0 Å². The minimum Gasteiger partial charge on any atom is -0.495 e. The Hall–Kier alpha value is -2.29. The summed E-state index contributed by atoms with van der Waals surface area (Å²) in [6.45, 7) is 8.05. The van der Waals surface area contributed by atoms with Gasteiger partial charge in [0.2, 0.25) is 5.91 Å². The number of carbonyl (C=O) groups is 2. The summed E-state index contributed by atoms with van der Waals surface area (Å²) < 4.78 is 15.9. The molecular weight excluding hydrogens is 457 g/mol. The van der Waals surface area contributed by atoms with E-state index in [1.54, 1.807) is 37.9 Å². The number of hydrogen-bond acceptors (Lipinski definition) is 6. The molecule has 0 bridgehead atoms. The molecule has 174 valence electrons. The first-order valence-electron chi connectivity index (χ1n) is 10.2. The minimum atomic E-state index is -0.569. The van der Waals surface area contributed by atoms with E-state index in [4.69, 9.17) is 37.4 Å². The molecule has 0 saturated heterocycles. The fourth-order valence-electron chi connectivity index (χ4n) is 3.64. The molecule has 0 aliphatic carbocycles. The Morgan fingerprint density at radius 2 is 2.00 bits per heavy atom. The number of aromatic nitrogens is 1. The van der Waals surface area contributed by atoms with Crippen LogP contribution >= 0.6 is 23.2 Å². The molecule has 3 rings (SSSR count). The topological polar surface area (TPSA) is 90.0 Å². The molecule has 0 unspecified atom stereocenters. The highest BCUT2D eigenvalue weighted by molar-refractivity contribution is 6.46. The van der Waals surface area contributed by atoms with Crippen LogP contribution < -0.4 is 10.1 Å². The van der Waals surface area contributed by atoms with Gasteiger partial charge in [-0.25, -0.2) is 4.79 Å². The Balaban J connectivity index is 1.62. The highest BCUT2D eigenvalue weighted by Crippen LogP contribution is 2.44. The van der Waals surface area contributed by atoms with E-state index in [-0.39, 0.29) is 31.7 Å². The van der Waals surface area contributed by atoms with Crippen molar-refractivity contribution in [2.75, 3.05) is 26.9 Å². The SMILES string of the molecule is COc1cc2c3c(cnc2c(Cl)c1Cl)CN(C(=O)COCCNC(=O)OC(C)(C)C)[C@H]3C. The quantitative estimate of drug-likeness (QED) is 0.608. The van der Waals surface area contributed by atoms with Crippen LogP contribution in [0, 0.1) is 0 Å². The van der Waals surface area contributed by atoms with E-state index in [0.29, 0.717) is 27.9 Å². The third kappa shape index (κ3) is 5.19. The molecule has 1 atom stereocenters. The van der Waals surface area contributed by atoms with Crippen molar-refractivity contribution in [2.24, 2.45) is 0 Å². The Morgan fingerprint density at radius 3 is 2.66 bits per heavy atom. The zero-order valence-electron chi connectivity index (χ0n) is 18.8. The van der Waals surface area contributed by atoms with Gasteiger partial charge in [-0.3, -0.25) is 9.78 Å². The predicted octanol–water partition coefficient (Wildman–Crippen LogP) is 4.49. The first-order chi connectivity index (χ1) is 15.0. The van der Waals surface area contributed by atoms with Crippen LogP contribution in [0.15, 0.2) is 12.3 Å². The molecule has 2 amide bonds. The summed E-state index contributed by atoms with van der Waals surface area (Å²) in [5.41, 5.74) is 1.90. The van der Waals surface area contributed by atoms with Crippen LogP contribution in [0.5, 0.6) is 5.75 Å². The van der Waals surface area contributed by atoms with E-state index < -0.39 is 11.7 Å². The first kappa shape index (κ1) is 24.4. The second-order valence-electron chi connectivity index (χ2n) is 8.48. The largest absolute Gasteiger partial charge is 0.495 e. The van der Waals surface area contributed by atoms with Crippen LogP contribution in [0.2, 0.25) is 10.0 Å². The number of ether oxygens (including phenoxy) is 3. The third-order valence-electron chi connectivity index (χ3n) is 5.04. The summed E-state index contributed by atoms with van der Waals surface area (Å²) in [5, 5.41) is 4.02. The van der Waals surface area contributed by atoms with Crippen LogP contribution in [-0.4, -0.2) is 54.4 Å². The summed E-state index contributed by atoms with van der Waals surface area (Å²) >= 11 is 12.7. The van der Waals surface area contributed by atoms with Gasteiger partial charge in [-0.2, -0.15) is 0 Å². The number of halogens is 2. The van der Waals surface area contributed by atoms with Gasteiger partial charge < -0.3 is 24.4 Å². The van der Waals surface area contributed by atoms with Crippen LogP contribution in [0.4, 0.5) is 4.79 Å². The molecule has 32 heavy (non-hydrogen) atoms. The van der Waals surface area contributed by atoms with Gasteiger partial charge in [-0.05, 0) is 44.9 Å². The molecule has 1 N–H and O–H groups in total. The number of benzene rings is 1. The molecule has 0 spiro atoms. The summed E-state index contributed by atoms with van der Waals surface area (Å²) in [6.07, 6.45) is 1.20. The molecule has 1 aromatic carbocycles. The molecule has 2 aromatic rings. The first-order valence-corrected chi connectivity index (χ1v) is 11.0. The molecule has 0 radical (unpaired) electrons. The Morgan fingerprint density at radius 1 is 1.28 bits per heavy atom. The number of carbonyl (C=O) groups excluding carboxylic acids is 2. The average Bonchev–Trinajstić information content (AvgIpc) is 3.05. The summed E-state index contributed by atoms with van der Waals surface area (Å²) in [6, 6.07) is 1.60. The Bertz CT molecular complexity index is 1040. The van der Waals surface area contributed by atoms with Crippen molar-refractivity contribution in [3.8, 4) is 5.75 Å². The lowest BCUT2D eigenvalue weighted by Crippen LogP contribution is -2.35. The van der Waals surface area contributed by atoms with Gasteiger partial charge in [-0.15, -0.1) is 0 Å². The number of hydrogen-bond donors (Lipinski definition) is 1. The maximum atomic E-state index is 12.8. The minimum absolute atomic E-state index is 0.102. The summed E-state index contributed by atoms with van der Waals surface area (Å²) in [5.74, 6) is 0.295. The normalized spacial score (nSPS) is 15.6. The van der Waals surface area contributed by atoms with Crippen LogP contribution in [-0.2, 0) is 20.8 Å². The van der Waals surface area contributed by atoms with Crippen molar-refractivity contribution in [1.82, 2.24) is 15.2 Å². The number of methoxy groups -OCH3 is 1. The highest BCUT2D eigenvalue weighted by Gasteiger charge is 2.33. The maximum Gasteiger partial charge on any atom is 0.407 e. The lowest BCUT2D eigenvalue weighted by atomic mass is 10.0. The van der Waals surface area contributed by atoms with E-state index in [0.717, 1.165) is 16.5 Å². The lowest BCUT2D eigenvalue weighted by Gasteiger charge is -2.22. The monoisotopic (exact) mass is 483 g/mol. The van der Waals surface area contributed by atoms with Crippen LogP contribution in [0.3, 0.4) is 0 Å².